The molecule has 1 aromatic heterocycles. The standard InChI is InChI=1S/C11H17N3S/c1-7(2)8(3)15-10-5-4-9(6-14-10)11(12)13/h4-8H,1-3H3,(H3,12,13). The van der Waals surface area contributed by atoms with Crippen molar-refractivity contribution < 1.29 is 0 Å². The molecule has 1 unspecified atom stereocenters. The summed E-state index contributed by atoms with van der Waals surface area (Å²) in [6.07, 6.45) is 1.65. The summed E-state index contributed by atoms with van der Waals surface area (Å²) in [4.78, 5) is 4.26. The first kappa shape index (κ1) is 12.0. The minimum absolute atomic E-state index is 0.0657. The maximum atomic E-state index is 7.25. The number of pyridine rings is 1. The SMILES string of the molecule is CC(C)C(C)Sc1ccc(C(=N)N)cn1. The molecule has 3 nitrogen and oxygen atoms in total. The van der Waals surface area contributed by atoms with Crippen LogP contribution in [0.3, 0.4) is 0 Å². The van der Waals surface area contributed by atoms with E-state index in [2.05, 4.69) is 25.8 Å². The third-order valence-electron chi connectivity index (χ3n) is 2.29. The van der Waals surface area contributed by atoms with Crippen molar-refractivity contribution in [1.82, 2.24) is 4.98 Å². The molecule has 0 aliphatic carbocycles. The van der Waals surface area contributed by atoms with Gasteiger partial charge in [-0.3, -0.25) is 5.41 Å². The van der Waals surface area contributed by atoms with Crippen LogP contribution in [0.15, 0.2) is 23.4 Å². The fourth-order valence-electron chi connectivity index (χ4n) is 0.936. The topological polar surface area (TPSA) is 62.8 Å². The number of nitrogens with two attached hydrogens (primary N) is 1. The highest BCUT2D eigenvalue weighted by molar-refractivity contribution is 7.99. The zero-order valence-electron chi connectivity index (χ0n) is 9.32. The van der Waals surface area contributed by atoms with Gasteiger partial charge in [-0.15, -0.1) is 11.8 Å². The Hall–Kier alpha value is -1.03. The Labute approximate surface area is 95.0 Å². The molecule has 1 rings (SSSR count). The lowest BCUT2D eigenvalue weighted by Gasteiger charge is -2.14. The first-order valence-electron chi connectivity index (χ1n) is 4.98. The van der Waals surface area contributed by atoms with Crippen LogP contribution in [0.4, 0.5) is 0 Å². The lowest BCUT2D eigenvalue weighted by molar-refractivity contribution is 0.641. The molecule has 0 aliphatic heterocycles. The predicted octanol–water partition coefficient (Wildman–Crippen LogP) is 2.50. The second-order valence-corrected chi connectivity index (χ2v) is 5.26. The van der Waals surface area contributed by atoms with E-state index in [1.165, 1.54) is 0 Å². The van der Waals surface area contributed by atoms with Crippen LogP contribution < -0.4 is 5.73 Å². The zero-order chi connectivity index (χ0) is 11.4. The van der Waals surface area contributed by atoms with E-state index in [-0.39, 0.29) is 5.84 Å². The van der Waals surface area contributed by atoms with E-state index < -0.39 is 0 Å². The van der Waals surface area contributed by atoms with Crippen molar-refractivity contribution in [3.8, 4) is 0 Å². The third kappa shape index (κ3) is 3.55. The normalized spacial score (nSPS) is 12.8. The number of aromatic nitrogens is 1. The Kier molecular flexibility index (Phi) is 4.15. The number of thioether (sulfide) groups is 1. The molecule has 1 heterocycles. The van der Waals surface area contributed by atoms with Gasteiger partial charge in [-0.1, -0.05) is 20.8 Å². The van der Waals surface area contributed by atoms with Crippen LogP contribution >= 0.6 is 11.8 Å². The van der Waals surface area contributed by atoms with Crippen molar-refractivity contribution in [3.63, 3.8) is 0 Å². The Bertz CT molecular complexity index is 332. The summed E-state index contributed by atoms with van der Waals surface area (Å²) in [6, 6.07) is 3.75. The van der Waals surface area contributed by atoms with Gasteiger partial charge in [0.2, 0.25) is 0 Å². The highest BCUT2D eigenvalue weighted by atomic mass is 32.2. The van der Waals surface area contributed by atoms with Crippen molar-refractivity contribution in [2.75, 3.05) is 0 Å². The van der Waals surface area contributed by atoms with Gasteiger partial charge in [-0.05, 0) is 18.1 Å². The van der Waals surface area contributed by atoms with E-state index >= 15 is 0 Å². The molecular weight excluding hydrogens is 206 g/mol. The Morgan fingerprint density at radius 1 is 1.40 bits per heavy atom. The van der Waals surface area contributed by atoms with E-state index in [0.29, 0.717) is 16.7 Å². The first-order chi connectivity index (χ1) is 7.00. The molecule has 0 aromatic carbocycles. The van der Waals surface area contributed by atoms with Gasteiger partial charge in [-0.25, -0.2) is 4.98 Å². The van der Waals surface area contributed by atoms with E-state index in [1.54, 1.807) is 18.0 Å². The van der Waals surface area contributed by atoms with Gasteiger partial charge in [-0.2, -0.15) is 0 Å². The second kappa shape index (κ2) is 5.16. The summed E-state index contributed by atoms with van der Waals surface area (Å²) in [7, 11) is 0. The lowest BCUT2D eigenvalue weighted by Crippen LogP contribution is -2.11. The van der Waals surface area contributed by atoms with Crippen LogP contribution in [-0.4, -0.2) is 16.1 Å². The highest BCUT2D eigenvalue weighted by Crippen LogP contribution is 2.25. The van der Waals surface area contributed by atoms with Gasteiger partial charge in [0.15, 0.2) is 0 Å². The van der Waals surface area contributed by atoms with Crippen LogP contribution in [-0.2, 0) is 0 Å². The third-order valence-corrected chi connectivity index (χ3v) is 3.69. The number of nitrogens with zero attached hydrogens (tertiary/aromatic N) is 1. The van der Waals surface area contributed by atoms with Crippen LogP contribution in [0.2, 0.25) is 0 Å². The number of amidine groups is 1. The van der Waals surface area contributed by atoms with E-state index in [4.69, 9.17) is 11.1 Å². The maximum absolute atomic E-state index is 7.25. The van der Waals surface area contributed by atoms with Gasteiger partial charge in [0.05, 0.1) is 5.03 Å². The highest BCUT2D eigenvalue weighted by Gasteiger charge is 2.09. The van der Waals surface area contributed by atoms with Crippen molar-refractivity contribution in [3.05, 3.63) is 23.9 Å². The summed E-state index contributed by atoms with van der Waals surface area (Å²) in [5, 5.41) is 8.78. The summed E-state index contributed by atoms with van der Waals surface area (Å²) in [5.41, 5.74) is 6.03. The lowest BCUT2D eigenvalue weighted by atomic mass is 10.2. The molecule has 0 saturated carbocycles. The molecule has 0 aliphatic rings. The minimum Gasteiger partial charge on any atom is -0.384 e. The van der Waals surface area contributed by atoms with Crippen molar-refractivity contribution in [1.29, 1.82) is 5.41 Å². The van der Waals surface area contributed by atoms with E-state index in [1.807, 2.05) is 12.1 Å². The minimum atomic E-state index is 0.0657. The number of hydrogen-bond donors (Lipinski definition) is 2. The molecule has 0 radical (unpaired) electrons. The Balaban J connectivity index is 2.68. The van der Waals surface area contributed by atoms with Crippen LogP contribution in [0, 0.1) is 11.3 Å². The van der Waals surface area contributed by atoms with Crippen LogP contribution in [0.1, 0.15) is 26.3 Å². The maximum Gasteiger partial charge on any atom is 0.124 e. The quantitative estimate of drug-likeness (QED) is 0.468. The average molecular weight is 223 g/mol. The number of hydrogen-bond acceptors (Lipinski definition) is 3. The Morgan fingerprint density at radius 3 is 2.47 bits per heavy atom. The monoisotopic (exact) mass is 223 g/mol. The smallest absolute Gasteiger partial charge is 0.124 e. The number of nitrogens with one attached hydrogen (secondary N) is 1. The van der Waals surface area contributed by atoms with Gasteiger partial charge < -0.3 is 5.73 Å². The molecule has 15 heavy (non-hydrogen) atoms. The molecule has 0 amide bonds. The van der Waals surface area contributed by atoms with Gasteiger partial charge in [0.1, 0.15) is 5.84 Å². The summed E-state index contributed by atoms with van der Waals surface area (Å²) in [6.45, 7) is 6.58. The number of rotatable bonds is 4. The van der Waals surface area contributed by atoms with Gasteiger partial charge in [0.25, 0.3) is 0 Å². The largest absolute Gasteiger partial charge is 0.384 e. The summed E-state index contributed by atoms with van der Waals surface area (Å²) < 4.78 is 0. The van der Waals surface area contributed by atoms with Crippen molar-refractivity contribution in [2.24, 2.45) is 11.7 Å². The molecular formula is C11H17N3S. The van der Waals surface area contributed by atoms with Gasteiger partial charge in [0, 0.05) is 17.0 Å². The van der Waals surface area contributed by atoms with Crippen LogP contribution in [0.5, 0.6) is 0 Å². The molecule has 1 atom stereocenters. The molecule has 82 valence electrons. The first-order valence-corrected chi connectivity index (χ1v) is 5.85. The van der Waals surface area contributed by atoms with E-state index in [0.717, 1.165) is 5.03 Å². The molecule has 3 N–H and O–H groups in total. The zero-order valence-corrected chi connectivity index (χ0v) is 10.1. The fourth-order valence-corrected chi connectivity index (χ4v) is 1.85. The van der Waals surface area contributed by atoms with Crippen molar-refractivity contribution in [2.45, 2.75) is 31.0 Å². The summed E-state index contributed by atoms with van der Waals surface area (Å²) >= 11 is 1.75. The second-order valence-electron chi connectivity index (χ2n) is 3.87. The molecule has 0 bridgehead atoms. The molecule has 0 fully saturated rings. The van der Waals surface area contributed by atoms with Gasteiger partial charge >= 0.3 is 0 Å². The fraction of sp³-hybridized carbons (Fsp3) is 0.455. The molecule has 0 saturated heterocycles. The summed E-state index contributed by atoms with van der Waals surface area (Å²) in [5.74, 6) is 0.695. The molecule has 1 aromatic rings. The predicted molar refractivity (Wildman–Crippen MR) is 65.4 cm³/mol. The van der Waals surface area contributed by atoms with Crippen LogP contribution in [0.25, 0.3) is 0 Å². The number of nitrogen functional groups attached to an aromatic ring is 1. The molecule has 4 heteroatoms. The Morgan fingerprint density at radius 2 is 2.07 bits per heavy atom. The molecule has 0 spiro atoms. The average Bonchev–Trinajstić information content (AvgIpc) is 2.18. The van der Waals surface area contributed by atoms with Crippen molar-refractivity contribution >= 4 is 17.6 Å². The van der Waals surface area contributed by atoms with E-state index in [9.17, 15) is 0 Å².